The Bertz CT molecular complexity index is 2000. The number of hydrogen-bond donors (Lipinski definition) is 2. The molecule has 252 valence electrons. The molecule has 1 aliphatic heterocycles. The Hall–Kier alpha value is -5.96. The molecule has 0 unspecified atom stereocenters. The minimum atomic E-state index is -1.55. The van der Waals surface area contributed by atoms with E-state index in [1.54, 1.807) is 48.5 Å². The second kappa shape index (κ2) is 16.0. The first-order valence-electron chi connectivity index (χ1n) is 16.4. The summed E-state index contributed by atoms with van der Waals surface area (Å²) >= 11 is 0. The number of nitrogens with zero attached hydrogens (tertiary/aromatic N) is 4. The molecule has 50 heavy (non-hydrogen) atoms. The minimum Gasteiger partial charge on any atom is -0.494 e. The molecule has 0 saturated heterocycles. The molecule has 2 N–H and O–H groups in total. The summed E-state index contributed by atoms with van der Waals surface area (Å²) in [7, 11) is 0. The van der Waals surface area contributed by atoms with Gasteiger partial charge in [0.1, 0.15) is 11.6 Å². The number of aliphatic imine (C=N–C) groups is 1. The van der Waals surface area contributed by atoms with Gasteiger partial charge in [0.2, 0.25) is 5.90 Å². The average Bonchev–Trinajstić information content (AvgIpc) is 3.54. The van der Waals surface area contributed by atoms with E-state index >= 15 is 0 Å². The van der Waals surface area contributed by atoms with Crippen LogP contribution >= 0.6 is 0 Å². The third kappa shape index (κ3) is 7.68. The largest absolute Gasteiger partial charge is 0.494 e. The Kier molecular flexibility index (Phi) is 10.8. The standard InChI is InChI=1S/C40H36FN5O4/c41-35-13-6-4-11-30(35)23-24-43-39(48)40(27-33-12-5-7-14-36(33)45-46-42)37(31-17-15-29(16-18-31)28-9-2-1-3-10-28)50-38(44-40)32-19-21-34(22-20-32)49-26-8-25-47/h1-7,9-22,37,47H,8,23-27H2,(H,43,48)/t37-,40-/m1/s1. The summed E-state index contributed by atoms with van der Waals surface area (Å²) in [6.45, 7) is 0.558. The van der Waals surface area contributed by atoms with Gasteiger partial charge >= 0.3 is 0 Å². The second-order valence-electron chi connectivity index (χ2n) is 11.9. The van der Waals surface area contributed by atoms with E-state index in [4.69, 9.17) is 19.6 Å². The van der Waals surface area contributed by atoms with Gasteiger partial charge in [-0.1, -0.05) is 102 Å². The number of azide groups is 1. The summed E-state index contributed by atoms with van der Waals surface area (Å²) in [5.41, 5.74) is 12.7. The molecular weight excluding hydrogens is 633 g/mol. The molecule has 9 nitrogen and oxygen atoms in total. The molecule has 1 aliphatic rings. The summed E-state index contributed by atoms with van der Waals surface area (Å²) in [5, 5.41) is 16.0. The first-order valence-corrected chi connectivity index (χ1v) is 16.4. The van der Waals surface area contributed by atoms with Gasteiger partial charge in [0.25, 0.3) is 5.91 Å². The van der Waals surface area contributed by atoms with Crippen LogP contribution in [0.3, 0.4) is 0 Å². The molecule has 0 aromatic heterocycles. The van der Waals surface area contributed by atoms with E-state index in [1.165, 1.54) is 6.07 Å². The number of amides is 1. The predicted octanol–water partition coefficient (Wildman–Crippen LogP) is 8.05. The van der Waals surface area contributed by atoms with Crippen molar-refractivity contribution in [3.63, 3.8) is 0 Å². The van der Waals surface area contributed by atoms with Crippen molar-refractivity contribution >= 4 is 17.5 Å². The smallest absolute Gasteiger partial charge is 0.252 e. The lowest BCUT2D eigenvalue weighted by Gasteiger charge is -2.31. The number of hydrogen-bond acceptors (Lipinski definition) is 6. The summed E-state index contributed by atoms with van der Waals surface area (Å²) in [4.78, 5) is 22.7. The van der Waals surface area contributed by atoms with Crippen LogP contribution in [0.5, 0.6) is 5.75 Å². The molecule has 0 bridgehead atoms. The number of carbonyl (C=O) groups excluding carboxylic acids is 1. The van der Waals surface area contributed by atoms with E-state index in [-0.39, 0.29) is 37.7 Å². The van der Waals surface area contributed by atoms with Crippen LogP contribution in [0.4, 0.5) is 10.1 Å². The molecule has 0 fully saturated rings. The van der Waals surface area contributed by atoms with Crippen LogP contribution in [0.15, 0.2) is 138 Å². The fourth-order valence-corrected chi connectivity index (χ4v) is 6.02. The van der Waals surface area contributed by atoms with Gasteiger partial charge in [-0.15, -0.1) is 0 Å². The van der Waals surface area contributed by atoms with Crippen LogP contribution < -0.4 is 10.1 Å². The normalized spacial score (nSPS) is 16.5. The molecule has 5 aromatic carbocycles. The maximum atomic E-state index is 14.6. The molecule has 10 heteroatoms. The lowest BCUT2D eigenvalue weighted by atomic mass is 9.81. The highest BCUT2D eigenvalue weighted by Gasteiger charge is 2.53. The SMILES string of the molecule is [N-]=[N+]=Nc1ccccc1C[C@@]1(C(=O)NCCc2ccccc2F)N=C(c2ccc(OCCCO)cc2)O[C@@H]1c1ccc(-c2ccccc2)cc1. The highest BCUT2D eigenvalue weighted by atomic mass is 19.1. The molecule has 2 atom stereocenters. The summed E-state index contributed by atoms with van der Waals surface area (Å²) in [6, 6.07) is 38.5. The third-order valence-corrected chi connectivity index (χ3v) is 8.59. The number of benzene rings is 5. The second-order valence-corrected chi connectivity index (χ2v) is 11.9. The molecule has 1 heterocycles. The van der Waals surface area contributed by atoms with E-state index in [1.807, 2.05) is 72.8 Å². The van der Waals surface area contributed by atoms with Gasteiger partial charge < -0.3 is 19.9 Å². The molecule has 0 aliphatic carbocycles. The number of halogens is 1. The molecule has 5 aromatic rings. The fraction of sp³-hybridized carbons (Fsp3) is 0.200. The summed E-state index contributed by atoms with van der Waals surface area (Å²) in [6.07, 6.45) is -0.0516. The van der Waals surface area contributed by atoms with Crippen LogP contribution in [0, 0.1) is 5.82 Å². The van der Waals surface area contributed by atoms with Crippen molar-refractivity contribution in [1.29, 1.82) is 0 Å². The third-order valence-electron chi connectivity index (χ3n) is 8.59. The van der Waals surface area contributed by atoms with Crippen molar-refractivity contribution in [3.05, 3.63) is 166 Å². The Balaban J connectivity index is 1.42. The molecule has 0 radical (unpaired) electrons. The number of aliphatic hydroxyl groups excluding tert-OH is 1. The maximum absolute atomic E-state index is 14.6. The van der Waals surface area contributed by atoms with Crippen molar-refractivity contribution in [1.82, 2.24) is 5.32 Å². The fourth-order valence-electron chi connectivity index (χ4n) is 6.02. The first kappa shape index (κ1) is 33.9. The van der Waals surface area contributed by atoms with Gasteiger partial charge in [-0.05, 0) is 70.1 Å². The number of aliphatic hydroxyl groups is 1. The lowest BCUT2D eigenvalue weighted by Crippen LogP contribution is -2.50. The summed E-state index contributed by atoms with van der Waals surface area (Å²) in [5.74, 6) is 0.119. The number of rotatable bonds is 14. The van der Waals surface area contributed by atoms with Crippen LogP contribution in [0.1, 0.15) is 34.8 Å². The number of carbonyl (C=O) groups is 1. The predicted molar refractivity (Wildman–Crippen MR) is 191 cm³/mol. The van der Waals surface area contributed by atoms with E-state index in [0.717, 1.165) is 16.7 Å². The van der Waals surface area contributed by atoms with Crippen LogP contribution in [-0.2, 0) is 22.4 Å². The van der Waals surface area contributed by atoms with Crippen molar-refractivity contribution in [2.45, 2.75) is 30.9 Å². The lowest BCUT2D eigenvalue weighted by molar-refractivity contribution is -0.128. The van der Waals surface area contributed by atoms with Crippen molar-refractivity contribution in [2.24, 2.45) is 10.1 Å². The van der Waals surface area contributed by atoms with Crippen molar-refractivity contribution in [3.8, 4) is 16.9 Å². The topological polar surface area (TPSA) is 129 Å². The van der Waals surface area contributed by atoms with Crippen molar-refractivity contribution < 1.29 is 23.8 Å². The van der Waals surface area contributed by atoms with Gasteiger partial charge in [-0.25, -0.2) is 9.38 Å². The average molecular weight is 670 g/mol. The van der Waals surface area contributed by atoms with Crippen LogP contribution in [-0.4, -0.2) is 42.2 Å². The molecule has 6 rings (SSSR count). The highest BCUT2D eigenvalue weighted by molar-refractivity contribution is 6.01. The number of nitrogens with one attached hydrogen (secondary N) is 1. The van der Waals surface area contributed by atoms with Gasteiger partial charge in [0.05, 0.1) is 6.61 Å². The Morgan fingerprint density at radius 3 is 2.26 bits per heavy atom. The minimum absolute atomic E-state index is 0.0314. The van der Waals surface area contributed by atoms with Gasteiger partial charge in [-0.2, -0.15) is 0 Å². The molecule has 0 saturated carbocycles. The number of ether oxygens (including phenoxy) is 2. The van der Waals surface area contributed by atoms with Gasteiger partial charge in [0, 0.05) is 42.2 Å². The van der Waals surface area contributed by atoms with E-state index in [9.17, 15) is 14.7 Å². The molecular formula is C40H36FN5O4. The van der Waals surface area contributed by atoms with E-state index < -0.39 is 17.6 Å². The van der Waals surface area contributed by atoms with E-state index in [2.05, 4.69) is 15.3 Å². The Labute approximate surface area is 289 Å². The first-order chi connectivity index (χ1) is 24.5. The van der Waals surface area contributed by atoms with Crippen LogP contribution in [0.25, 0.3) is 21.6 Å². The monoisotopic (exact) mass is 669 g/mol. The van der Waals surface area contributed by atoms with Gasteiger partial charge in [0.15, 0.2) is 11.6 Å². The zero-order valence-electron chi connectivity index (χ0n) is 27.3. The summed E-state index contributed by atoms with van der Waals surface area (Å²) < 4.78 is 26.9. The quantitative estimate of drug-likeness (QED) is 0.0536. The van der Waals surface area contributed by atoms with Gasteiger partial charge in [-0.3, -0.25) is 4.79 Å². The zero-order valence-corrected chi connectivity index (χ0v) is 27.3. The molecule has 0 spiro atoms. The van der Waals surface area contributed by atoms with Crippen molar-refractivity contribution in [2.75, 3.05) is 19.8 Å². The maximum Gasteiger partial charge on any atom is 0.252 e. The highest BCUT2D eigenvalue weighted by Crippen LogP contribution is 2.44. The van der Waals surface area contributed by atoms with Crippen LogP contribution in [0.2, 0.25) is 0 Å². The Morgan fingerprint density at radius 2 is 1.54 bits per heavy atom. The molecule has 1 amide bonds. The van der Waals surface area contributed by atoms with E-state index in [0.29, 0.717) is 41.2 Å². The Morgan fingerprint density at radius 1 is 0.880 bits per heavy atom. The zero-order chi connectivity index (χ0) is 34.8.